The van der Waals surface area contributed by atoms with Crippen molar-refractivity contribution < 1.29 is 28.6 Å². The van der Waals surface area contributed by atoms with Crippen molar-refractivity contribution in [1.29, 1.82) is 0 Å². The van der Waals surface area contributed by atoms with Crippen LogP contribution in [-0.4, -0.2) is 82.6 Å². The maximum absolute atomic E-state index is 14.6. The van der Waals surface area contributed by atoms with Crippen LogP contribution in [0.1, 0.15) is 51.4 Å². The molecule has 0 aromatic heterocycles. The highest BCUT2D eigenvalue weighted by Crippen LogP contribution is 2.36. The van der Waals surface area contributed by atoms with Gasteiger partial charge in [0.1, 0.15) is 0 Å². The third kappa shape index (κ3) is 4.48. The summed E-state index contributed by atoms with van der Waals surface area (Å²) in [4.78, 5) is 29.2. The number of hydrogen-bond donors (Lipinski definition) is 2. The molecule has 2 heterocycles. The summed E-state index contributed by atoms with van der Waals surface area (Å²) in [5.41, 5.74) is -3.55. The molecule has 2 N–H and O–H groups in total. The lowest BCUT2D eigenvalue weighted by atomic mass is 9.76. The van der Waals surface area contributed by atoms with Crippen molar-refractivity contribution in [2.75, 3.05) is 39.4 Å². The Morgan fingerprint density at radius 1 is 0.786 bits per heavy atom. The minimum atomic E-state index is -1.77. The van der Waals surface area contributed by atoms with E-state index in [4.69, 9.17) is 0 Å². The smallest absolute Gasteiger partial charge is 0.226 e. The van der Waals surface area contributed by atoms with Crippen molar-refractivity contribution >= 4 is 11.8 Å². The molecule has 3 aliphatic rings. The van der Waals surface area contributed by atoms with E-state index in [0.717, 1.165) is 12.8 Å². The lowest BCUT2D eigenvalue weighted by Gasteiger charge is -2.42. The highest BCUT2D eigenvalue weighted by atomic mass is 19.1. The molecule has 160 valence electrons. The van der Waals surface area contributed by atoms with E-state index < -0.39 is 36.4 Å². The number of carbonyl (C=O) groups is 2. The van der Waals surface area contributed by atoms with Crippen molar-refractivity contribution in [1.82, 2.24) is 9.80 Å². The van der Waals surface area contributed by atoms with E-state index in [1.54, 1.807) is 0 Å². The molecule has 0 aromatic carbocycles. The molecule has 2 saturated heterocycles. The minimum Gasteiger partial charge on any atom is -0.393 e. The van der Waals surface area contributed by atoms with E-state index in [0.29, 0.717) is 38.8 Å². The van der Waals surface area contributed by atoms with Gasteiger partial charge in [-0.2, -0.15) is 0 Å². The molecular weight excluding hydrogens is 370 g/mol. The van der Waals surface area contributed by atoms with Gasteiger partial charge in [0.2, 0.25) is 11.8 Å². The SMILES string of the molecule is O=C([C@@H]1CCCC[C@H]1C(=O)N1CCCC(F)(CO)C1)N1CCCC(F)(CO)C1. The molecule has 3 fully saturated rings. The van der Waals surface area contributed by atoms with Crippen LogP contribution in [0, 0.1) is 11.8 Å². The quantitative estimate of drug-likeness (QED) is 0.746. The third-order valence-corrected chi connectivity index (χ3v) is 6.64. The second-order valence-corrected chi connectivity index (χ2v) is 8.84. The molecule has 28 heavy (non-hydrogen) atoms. The molecule has 1 saturated carbocycles. The van der Waals surface area contributed by atoms with Crippen LogP contribution in [-0.2, 0) is 9.59 Å². The lowest BCUT2D eigenvalue weighted by molar-refractivity contribution is -0.153. The van der Waals surface area contributed by atoms with Crippen LogP contribution in [0.3, 0.4) is 0 Å². The number of halogens is 2. The van der Waals surface area contributed by atoms with Crippen molar-refractivity contribution in [3.63, 3.8) is 0 Å². The fraction of sp³-hybridized carbons (Fsp3) is 0.900. The molecule has 2 amide bonds. The summed E-state index contributed by atoms with van der Waals surface area (Å²) in [6.45, 7) is -0.634. The van der Waals surface area contributed by atoms with Crippen LogP contribution in [0.25, 0.3) is 0 Å². The van der Waals surface area contributed by atoms with Crippen molar-refractivity contribution in [2.45, 2.75) is 62.7 Å². The minimum absolute atomic E-state index is 0.137. The maximum Gasteiger partial charge on any atom is 0.226 e. The van der Waals surface area contributed by atoms with Crippen LogP contribution < -0.4 is 0 Å². The number of alkyl halides is 2. The molecule has 0 spiro atoms. The Kier molecular flexibility index (Phi) is 6.59. The summed E-state index contributed by atoms with van der Waals surface area (Å²) in [6.07, 6.45) is 4.23. The van der Waals surface area contributed by atoms with Gasteiger partial charge in [0.25, 0.3) is 0 Å². The zero-order chi connectivity index (χ0) is 20.4. The number of likely N-dealkylation sites (tertiary alicyclic amines) is 2. The van der Waals surface area contributed by atoms with Crippen LogP contribution in [0.15, 0.2) is 0 Å². The van der Waals surface area contributed by atoms with Gasteiger partial charge in [0.15, 0.2) is 11.3 Å². The largest absolute Gasteiger partial charge is 0.393 e. The van der Waals surface area contributed by atoms with Crippen LogP contribution in [0.4, 0.5) is 8.78 Å². The summed E-state index contributed by atoms with van der Waals surface area (Å²) < 4.78 is 29.1. The fourth-order valence-electron chi connectivity index (χ4n) is 5.00. The van der Waals surface area contributed by atoms with Gasteiger partial charge >= 0.3 is 0 Å². The number of rotatable bonds is 4. The van der Waals surface area contributed by atoms with Gasteiger partial charge in [0.05, 0.1) is 26.3 Å². The standard InChI is InChI=1S/C20H32F2N2O4/c21-19(13-25)7-3-9-23(11-19)17(27)15-5-1-2-6-16(15)18(28)24-10-4-8-20(22,12-24)14-26/h15-16,25-26H,1-14H2/t15-,16-,19?,20?/m1/s1. The van der Waals surface area contributed by atoms with Gasteiger partial charge in [-0.25, -0.2) is 8.78 Å². The average Bonchev–Trinajstić information content (AvgIpc) is 2.73. The first kappa shape index (κ1) is 21.4. The second kappa shape index (κ2) is 8.61. The number of aliphatic hydroxyl groups is 2. The summed E-state index contributed by atoms with van der Waals surface area (Å²) in [7, 11) is 0. The predicted molar refractivity (Wildman–Crippen MR) is 98.9 cm³/mol. The molecule has 4 atom stereocenters. The van der Waals surface area contributed by atoms with E-state index in [1.165, 1.54) is 9.80 Å². The fourth-order valence-corrected chi connectivity index (χ4v) is 5.00. The van der Waals surface area contributed by atoms with Gasteiger partial charge in [-0.05, 0) is 38.5 Å². The normalized spacial score (nSPS) is 37.0. The number of carbonyl (C=O) groups excluding carboxylic acids is 2. The van der Waals surface area contributed by atoms with E-state index in [-0.39, 0.29) is 37.7 Å². The number of amides is 2. The van der Waals surface area contributed by atoms with Gasteiger partial charge in [-0.15, -0.1) is 0 Å². The van der Waals surface area contributed by atoms with E-state index in [1.807, 2.05) is 0 Å². The highest BCUT2D eigenvalue weighted by Gasteiger charge is 2.45. The Balaban J connectivity index is 1.71. The number of piperidine rings is 2. The summed E-state index contributed by atoms with van der Waals surface area (Å²) in [5.74, 6) is -1.49. The van der Waals surface area contributed by atoms with Gasteiger partial charge in [-0.3, -0.25) is 9.59 Å². The van der Waals surface area contributed by atoms with Crippen LogP contribution in [0.2, 0.25) is 0 Å². The predicted octanol–water partition coefficient (Wildman–Crippen LogP) is 1.44. The third-order valence-electron chi connectivity index (χ3n) is 6.64. The Labute approximate surface area is 164 Å². The first-order valence-corrected chi connectivity index (χ1v) is 10.5. The molecule has 0 aromatic rings. The molecule has 0 radical (unpaired) electrons. The Morgan fingerprint density at radius 2 is 1.18 bits per heavy atom. The zero-order valence-corrected chi connectivity index (χ0v) is 16.4. The van der Waals surface area contributed by atoms with E-state index >= 15 is 0 Å². The summed E-state index contributed by atoms with van der Waals surface area (Å²) >= 11 is 0. The Hall–Kier alpha value is -1.28. The van der Waals surface area contributed by atoms with Gasteiger partial charge in [0, 0.05) is 24.9 Å². The van der Waals surface area contributed by atoms with E-state index in [2.05, 4.69) is 0 Å². The molecule has 6 nitrogen and oxygen atoms in total. The van der Waals surface area contributed by atoms with Crippen LogP contribution >= 0.6 is 0 Å². The van der Waals surface area contributed by atoms with Gasteiger partial charge in [-0.1, -0.05) is 12.8 Å². The number of hydrogen-bond acceptors (Lipinski definition) is 4. The topological polar surface area (TPSA) is 81.1 Å². The van der Waals surface area contributed by atoms with Gasteiger partial charge < -0.3 is 20.0 Å². The Bertz CT molecular complexity index is 543. The van der Waals surface area contributed by atoms with Crippen molar-refractivity contribution in [3.8, 4) is 0 Å². The monoisotopic (exact) mass is 402 g/mol. The molecule has 0 bridgehead atoms. The first-order valence-electron chi connectivity index (χ1n) is 10.5. The lowest BCUT2D eigenvalue weighted by Crippen LogP contribution is -2.55. The molecule has 8 heteroatoms. The summed E-state index contributed by atoms with van der Waals surface area (Å²) in [6, 6.07) is 0. The molecular formula is C20H32F2N2O4. The molecule has 2 aliphatic heterocycles. The maximum atomic E-state index is 14.6. The van der Waals surface area contributed by atoms with Crippen molar-refractivity contribution in [3.05, 3.63) is 0 Å². The zero-order valence-electron chi connectivity index (χ0n) is 16.4. The Morgan fingerprint density at radius 3 is 1.54 bits per heavy atom. The van der Waals surface area contributed by atoms with Crippen LogP contribution in [0.5, 0.6) is 0 Å². The molecule has 2 unspecified atom stereocenters. The van der Waals surface area contributed by atoms with Crippen molar-refractivity contribution in [2.24, 2.45) is 11.8 Å². The summed E-state index contributed by atoms with van der Waals surface area (Å²) in [5, 5.41) is 18.6. The van der Waals surface area contributed by atoms with E-state index in [9.17, 15) is 28.6 Å². The average molecular weight is 402 g/mol. The second-order valence-electron chi connectivity index (χ2n) is 8.84. The first-order chi connectivity index (χ1) is 13.3. The molecule has 1 aliphatic carbocycles. The molecule has 3 rings (SSSR count). The number of aliphatic hydroxyl groups excluding tert-OH is 2. The number of nitrogens with zero attached hydrogens (tertiary/aromatic N) is 2. The highest BCUT2D eigenvalue weighted by molar-refractivity contribution is 5.88.